The zero-order valence-electron chi connectivity index (χ0n) is 14.2. The smallest absolute Gasteiger partial charge is 0.234 e. The molecule has 132 valence electrons. The molecule has 0 aliphatic carbocycles. The molecule has 2 aromatic heterocycles. The van der Waals surface area contributed by atoms with E-state index in [2.05, 4.69) is 16.5 Å². The molecule has 0 aliphatic rings. The second-order valence-corrected chi connectivity index (χ2v) is 5.61. The van der Waals surface area contributed by atoms with Gasteiger partial charge in [0.1, 0.15) is 24.0 Å². The minimum absolute atomic E-state index is 0.165. The molecule has 26 heavy (non-hydrogen) atoms. The Bertz CT molecular complexity index is 984. The Hall–Kier alpha value is -3.28. The number of aromatic nitrogens is 3. The summed E-state index contributed by atoms with van der Waals surface area (Å²) in [5, 5.41) is 0. The summed E-state index contributed by atoms with van der Waals surface area (Å²) in [4.78, 5) is 8.68. The molecule has 0 amide bonds. The van der Waals surface area contributed by atoms with Gasteiger partial charge in [0.05, 0.1) is 5.69 Å². The summed E-state index contributed by atoms with van der Waals surface area (Å²) in [7, 11) is 0. The van der Waals surface area contributed by atoms with Crippen LogP contribution in [0.4, 0.5) is 8.78 Å². The Morgan fingerprint density at radius 1 is 1.23 bits per heavy atom. The molecule has 0 spiro atoms. The fraction of sp³-hybridized carbons (Fsp3) is 0.100. The first kappa shape index (κ1) is 17.5. The van der Waals surface area contributed by atoms with E-state index in [1.165, 1.54) is 31.2 Å². The van der Waals surface area contributed by atoms with Gasteiger partial charge >= 0.3 is 0 Å². The standard InChI is InChI=1S/C20H17F2N3O/c1-3-4-19(9-14(2)21)26-13-18-12-25-11-16(10-23-20(25)24-18)15-5-7-17(22)8-6-15/h3-12H,1,13H2,2H3/b14-9+,19-4+. The first-order valence-corrected chi connectivity index (χ1v) is 7.94. The monoisotopic (exact) mass is 353 g/mol. The van der Waals surface area contributed by atoms with Gasteiger partial charge in [-0.2, -0.15) is 0 Å². The van der Waals surface area contributed by atoms with Crippen LogP contribution >= 0.6 is 0 Å². The van der Waals surface area contributed by atoms with Crippen LogP contribution in [0.15, 0.2) is 79.2 Å². The minimum atomic E-state index is -0.362. The van der Waals surface area contributed by atoms with Crippen LogP contribution in [0.2, 0.25) is 0 Å². The van der Waals surface area contributed by atoms with E-state index < -0.39 is 0 Å². The van der Waals surface area contributed by atoms with Crippen molar-refractivity contribution in [3.05, 3.63) is 90.8 Å². The Morgan fingerprint density at radius 3 is 2.69 bits per heavy atom. The van der Waals surface area contributed by atoms with Gasteiger partial charge in [0, 0.05) is 30.2 Å². The maximum atomic E-state index is 13.1. The second-order valence-electron chi connectivity index (χ2n) is 5.61. The minimum Gasteiger partial charge on any atom is -0.487 e. The lowest BCUT2D eigenvalue weighted by atomic mass is 10.1. The maximum absolute atomic E-state index is 13.1. The van der Waals surface area contributed by atoms with E-state index in [-0.39, 0.29) is 18.3 Å². The maximum Gasteiger partial charge on any atom is 0.234 e. The van der Waals surface area contributed by atoms with Crippen LogP contribution in [0.3, 0.4) is 0 Å². The topological polar surface area (TPSA) is 39.4 Å². The molecule has 0 fully saturated rings. The summed E-state index contributed by atoms with van der Waals surface area (Å²) in [5.74, 6) is 0.224. The van der Waals surface area contributed by atoms with Crippen LogP contribution in [0.1, 0.15) is 12.6 Å². The molecule has 6 heteroatoms. The molecule has 0 atom stereocenters. The highest BCUT2D eigenvalue weighted by Crippen LogP contribution is 2.19. The summed E-state index contributed by atoms with van der Waals surface area (Å²) in [6, 6.07) is 6.19. The normalized spacial score (nSPS) is 12.4. The highest BCUT2D eigenvalue weighted by atomic mass is 19.1. The van der Waals surface area contributed by atoms with Crippen molar-refractivity contribution in [1.82, 2.24) is 14.4 Å². The van der Waals surface area contributed by atoms with Gasteiger partial charge in [-0.3, -0.25) is 4.40 Å². The fourth-order valence-electron chi connectivity index (χ4n) is 2.40. The first-order valence-electron chi connectivity index (χ1n) is 7.94. The van der Waals surface area contributed by atoms with Crippen LogP contribution in [0.25, 0.3) is 16.9 Å². The van der Waals surface area contributed by atoms with Crippen LogP contribution < -0.4 is 0 Å². The van der Waals surface area contributed by atoms with Crippen LogP contribution in [0, 0.1) is 5.82 Å². The molecule has 3 rings (SSSR count). The molecule has 0 radical (unpaired) electrons. The molecule has 3 aromatic rings. The van der Waals surface area contributed by atoms with E-state index in [0.717, 1.165) is 11.1 Å². The van der Waals surface area contributed by atoms with Gasteiger partial charge in [-0.25, -0.2) is 18.7 Å². The van der Waals surface area contributed by atoms with Gasteiger partial charge < -0.3 is 4.74 Å². The Morgan fingerprint density at radius 2 is 2.00 bits per heavy atom. The molecule has 0 unspecified atom stereocenters. The summed E-state index contributed by atoms with van der Waals surface area (Å²) in [5.41, 5.74) is 2.34. The van der Waals surface area contributed by atoms with E-state index in [4.69, 9.17) is 4.74 Å². The lowest BCUT2D eigenvalue weighted by Gasteiger charge is -2.04. The highest BCUT2D eigenvalue weighted by molar-refractivity contribution is 5.62. The molecule has 0 bridgehead atoms. The number of hydrogen-bond acceptors (Lipinski definition) is 3. The van der Waals surface area contributed by atoms with Gasteiger partial charge in [0.2, 0.25) is 5.78 Å². The number of ether oxygens (including phenoxy) is 1. The van der Waals surface area contributed by atoms with E-state index in [1.807, 2.05) is 6.20 Å². The number of fused-ring (bicyclic) bond motifs is 1. The van der Waals surface area contributed by atoms with Crippen molar-refractivity contribution in [2.24, 2.45) is 0 Å². The first-order chi connectivity index (χ1) is 12.5. The van der Waals surface area contributed by atoms with E-state index >= 15 is 0 Å². The Kier molecular flexibility index (Phi) is 5.22. The lowest BCUT2D eigenvalue weighted by molar-refractivity contribution is 0.207. The molecule has 0 aliphatic heterocycles. The molecule has 0 saturated carbocycles. The third-order valence-corrected chi connectivity index (χ3v) is 3.55. The van der Waals surface area contributed by atoms with E-state index in [9.17, 15) is 8.78 Å². The number of allylic oxidation sites excluding steroid dienone is 4. The molecular formula is C20H17F2N3O. The summed E-state index contributed by atoms with van der Waals surface area (Å²) in [6.07, 6.45) is 9.70. The lowest BCUT2D eigenvalue weighted by Crippen LogP contribution is -1.92. The van der Waals surface area contributed by atoms with Gasteiger partial charge in [-0.05, 0) is 30.7 Å². The average molecular weight is 353 g/mol. The van der Waals surface area contributed by atoms with Crippen molar-refractivity contribution in [3.8, 4) is 11.1 Å². The summed E-state index contributed by atoms with van der Waals surface area (Å²) < 4.78 is 33.4. The van der Waals surface area contributed by atoms with Gasteiger partial charge in [0.15, 0.2) is 0 Å². The van der Waals surface area contributed by atoms with E-state index in [1.54, 1.807) is 35.0 Å². The third-order valence-electron chi connectivity index (χ3n) is 3.55. The van der Waals surface area contributed by atoms with E-state index in [0.29, 0.717) is 17.2 Å². The van der Waals surface area contributed by atoms with Crippen LogP contribution in [-0.4, -0.2) is 14.4 Å². The third kappa shape index (κ3) is 4.22. The largest absolute Gasteiger partial charge is 0.487 e. The molecule has 2 heterocycles. The quantitative estimate of drug-likeness (QED) is 0.463. The molecule has 1 aromatic carbocycles. The van der Waals surface area contributed by atoms with Gasteiger partial charge in [-0.15, -0.1) is 0 Å². The SMILES string of the molecule is C=C/C=C(\C=C(/C)F)OCc1cn2cc(-c3ccc(F)cc3)cnc2n1. The Balaban J connectivity index is 1.81. The molecule has 0 N–H and O–H groups in total. The van der Waals surface area contributed by atoms with Crippen molar-refractivity contribution in [1.29, 1.82) is 0 Å². The zero-order chi connectivity index (χ0) is 18.5. The highest BCUT2D eigenvalue weighted by Gasteiger charge is 2.07. The van der Waals surface area contributed by atoms with Crippen molar-refractivity contribution in [2.45, 2.75) is 13.5 Å². The predicted molar refractivity (Wildman–Crippen MR) is 96.3 cm³/mol. The van der Waals surface area contributed by atoms with Crippen molar-refractivity contribution < 1.29 is 13.5 Å². The number of imidazole rings is 1. The number of halogens is 2. The van der Waals surface area contributed by atoms with Gasteiger partial charge in [-0.1, -0.05) is 24.8 Å². The Labute approximate surface area is 149 Å². The molecule has 0 saturated heterocycles. The van der Waals surface area contributed by atoms with Gasteiger partial charge in [0.25, 0.3) is 0 Å². The van der Waals surface area contributed by atoms with Crippen molar-refractivity contribution >= 4 is 5.78 Å². The summed E-state index contributed by atoms with van der Waals surface area (Å²) in [6.45, 7) is 5.08. The number of rotatable bonds is 6. The van der Waals surface area contributed by atoms with Crippen molar-refractivity contribution in [3.63, 3.8) is 0 Å². The zero-order valence-corrected chi connectivity index (χ0v) is 14.2. The summed E-state index contributed by atoms with van der Waals surface area (Å²) >= 11 is 0. The second kappa shape index (κ2) is 7.74. The van der Waals surface area contributed by atoms with Crippen LogP contribution in [0.5, 0.6) is 0 Å². The number of hydrogen-bond donors (Lipinski definition) is 0. The fourth-order valence-corrected chi connectivity index (χ4v) is 2.40. The molecule has 4 nitrogen and oxygen atoms in total. The molecular weight excluding hydrogens is 336 g/mol. The van der Waals surface area contributed by atoms with Crippen LogP contribution in [-0.2, 0) is 11.3 Å². The van der Waals surface area contributed by atoms with Crippen molar-refractivity contribution in [2.75, 3.05) is 0 Å². The average Bonchev–Trinajstić information content (AvgIpc) is 3.02. The number of nitrogens with zero attached hydrogens (tertiary/aromatic N) is 3. The predicted octanol–water partition coefficient (Wildman–Crippen LogP) is 5.00. The number of benzene rings is 1.